The van der Waals surface area contributed by atoms with Crippen LogP contribution < -0.4 is 15.8 Å². The minimum Gasteiger partial charge on any atom is -0.496 e. The van der Waals surface area contributed by atoms with Gasteiger partial charge in [0, 0.05) is 5.38 Å². The lowest BCUT2D eigenvalue weighted by molar-refractivity contribution is -0.117. The predicted octanol–water partition coefficient (Wildman–Crippen LogP) is 2.58. The molecule has 3 aromatic rings. The van der Waals surface area contributed by atoms with E-state index in [1.807, 2.05) is 30.3 Å². The third kappa shape index (κ3) is 3.36. The van der Waals surface area contributed by atoms with Gasteiger partial charge in [0.15, 0.2) is 5.13 Å². The van der Waals surface area contributed by atoms with Crippen LogP contribution in [-0.4, -0.2) is 23.9 Å². The first-order chi connectivity index (χ1) is 11.6. The van der Waals surface area contributed by atoms with Gasteiger partial charge in [0.1, 0.15) is 5.75 Å². The van der Waals surface area contributed by atoms with Gasteiger partial charge in [-0.25, -0.2) is 4.98 Å². The number of fused-ring (bicyclic) bond motifs is 1. The first-order valence-electron chi connectivity index (χ1n) is 7.17. The summed E-state index contributed by atoms with van der Waals surface area (Å²) >= 11 is 1.24. The Morgan fingerprint density at radius 2 is 1.96 bits per heavy atom. The highest BCUT2D eigenvalue weighted by Crippen LogP contribution is 2.27. The van der Waals surface area contributed by atoms with Crippen LogP contribution in [0.25, 0.3) is 10.8 Å². The summed E-state index contributed by atoms with van der Waals surface area (Å²) in [6, 6.07) is 11.3. The Morgan fingerprint density at radius 3 is 2.62 bits per heavy atom. The summed E-state index contributed by atoms with van der Waals surface area (Å²) in [4.78, 5) is 27.6. The fourth-order valence-corrected chi connectivity index (χ4v) is 3.06. The van der Waals surface area contributed by atoms with Crippen molar-refractivity contribution in [3.8, 4) is 5.75 Å². The number of rotatable bonds is 5. The Hall–Kier alpha value is -2.93. The molecule has 24 heavy (non-hydrogen) atoms. The van der Waals surface area contributed by atoms with Crippen LogP contribution in [0.15, 0.2) is 41.8 Å². The Morgan fingerprint density at radius 1 is 1.25 bits per heavy atom. The first-order valence-corrected chi connectivity index (χ1v) is 8.05. The van der Waals surface area contributed by atoms with E-state index in [1.165, 1.54) is 18.4 Å². The number of carbonyl (C=O) groups is 2. The fourth-order valence-electron chi connectivity index (χ4n) is 2.35. The molecule has 0 saturated carbocycles. The maximum atomic E-state index is 12.6. The highest BCUT2D eigenvalue weighted by atomic mass is 32.1. The van der Waals surface area contributed by atoms with E-state index < -0.39 is 5.91 Å². The first kappa shape index (κ1) is 15.9. The van der Waals surface area contributed by atoms with Crippen molar-refractivity contribution in [1.82, 2.24) is 4.98 Å². The molecule has 2 aromatic carbocycles. The molecule has 0 spiro atoms. The summed E-state index contributed by atoms with van der Waals surface area (Å²) in [5.74, 6) is -0.299. The highest BCUT2D eigenvalue weighted by Gasteiger charge is 2.15. The summed E-state index contributed by atoms with van der Waals surface area (Å²) in [6.07, 6.45) is 0.0473. The third-order valence-corrected chi connectivity index (χ3v) is 4.25. The molecule has 0 bridgehead atoms. The summed E-state index contributed by atoms with van der Waals surface area (Å²) in [5, 5.41) is 6.76. The van der Waals surface area contributed by atoms with Gasteiger partial charge in [0.05, 0.1) is 24.8 Å². The minimum atomic E-state index is -0.464. The average Bonchev–Trinajstić information content (AvgIpc) is 2.99. The Bertz CT molecular complexity index is 920. The van der Waals surface area contributed by atoms with Crippen molar-refractivity contribution in [1.29, 1.82) is 0 Å². The van der Waals surface area contributed by atoms with E-state index in [-0.39, 0.29) is 12.3 Å². The van der Waals surface area contributed by atoms with Crippen LogP contribution in [-0.2, 0) is 11.2 Å². The monoisotopic (exact) mass is 341 g/mol. The van der Waals surface area contributed by atoms with E-state index in [2.05, 4.69) is 10.3 Å². The van der Waals surface area contributed by atoms with Gasteiger partial charge in [0.25, 0.3) is 5.91 Å². The summed E-state index contributed by atoms with van der Waals surface area (Å²) in [6.45, 7) is 0. The van der Waals surface area contributed by atoms with Crippen LogP contribution in [0.5, 0.6) is 5.75 Å². The van der Waals surface area contributed by atoms with Crippen molar-refractivity contribution >= 4 is 39.1 Å². The smallest absolute Gasteiger partial charge is 0.261 e. The fraction of sp³-hybridized carbons (Fsp3) is 0.118. The summed E-state index contributed by atoms with van der Waals surface area (Å²) in [7, 11) is 1.52. The highest BCUT2D eigenvalue weighted by molar-refractivity contribution is 7.14. The molecule has 0 aliphatic carbocycles. The number of hydrogen-bond acceptors (Lipinski definition) is 5. The van der Waals surface area contributed by atoms with Gasteiger partial charge in [-0.05, 0) is 22.9 Å². The van der Waals surface area contributed by atoms with Crippen LogP contribution in [0.3, 0.4) is 0 Å². The second kappa shape index (κ2) is 6.67. The van der Waals surface area contributed by atoms with Crippen LogP contribution in [0, 0.1) is 0 Å². The molecule has 2 amide bonds. The zero-order valence-electron chi connectivity index (χ0n) is 12.9. The van der Waals surface area contributed by atoms with Gasteiger partial charge in [-0.2, -0.15) is 0 Å². The number of ether oxygens (including phenoxy) is 1. The lowest BCUT2D eigenvalue weighted by atomic mass is 10.1. The molecule has 1 aromatic heterocycles. The van der Waals surface area contributed by atoms with Gasteiger partial charge in [-0.1, -0.05) is 24.3 Å². The Balaban J connectivity index is 1.87. The number of nitrogens with one attached hydrogen (secondary N) is 1. The van der Waals surface area contributed by atoms with E-state index in [0.717, 1.165) is 10.8 Å². The lowest BCUT2D eigenvalue weighted by Crippen LogP contribution is -2.15. The zero-order chi connectivity index (χ0) is 17.1. The Kier molecular flexibility index (Phi) is 4.43. The molecule has 7 heteroatoms. The molecular formula is C17H15N3O3S. The van der Waals surface area contributed by atoms with Crippen molar-refractivity contribution in [3.63, 3.8) is 0 Å². The second-order valence-electron chi connectivity index (χ2n) is 5.14. The average molecular weight is 341 g/mol. The summed E-state index contributed by atoms with van der Waals surface area (Å²) < 4.78 is 5.33. The number of amides is 2. The molecule has 0 fully saturated rings. The number of nitrogens with zero attached hydrogens (tertiary/aromatic N) is 1. The minimum absolute atomic E-state index is 0.0473. The topological polar surface area (TPSA) is 94.3 Å². The molecule has 3 rings (SSSR count). The van der Waals surface area contributed by atoms with Gasteiger partial charge >= 0.3 is 0 Å². The molecule has 6 nitrogen and oxygen atoms in total. The van der Waals surface area contributed by atoms with Gasteiger partial charge in [-0.3, -0.25) is 14.9 Å². The number of carbonyl (C=O) groups excluding carboxylic acids is 2. The maximum absolute atomic E-state index is 12.6. The molecule has 0 radical (unpaired) electrons. The van der Waals surface area contributed by atoms with Crippen LogP contribution in [0.1, 0.15) is 16.1 Å². The molecule has 1 heterocycles. The van der Waals surface area contributed by atoms with Crippen LogP contribution in [0.2, 0.25) is 0 Å². The van der Waals surface area contributed by atoms with Gasteiger partial charge in [0.2, 0.25) is 5.91 Å². The molecule has 3 N–H and O–H groups in total. The van der Waals surface area contributed by atoms with E-state index in [4.69, 9.17) is 10.5 Å². The van der Waals surface area contributed by atoms with Crippen LogP contribution >= 0.6 is 11.3 Å². The van der Waals surface area contributed by atoms with E-state index >= 15 is 0 Å². The number of primary amides is 1. The van der Waals surface area contributed by atoms with E-state index in [0.29, 0.717) is 22.1 Å². The van der Waals surface area contributed by atoms with Crippen LogP contribution in [0.4, 0.5) is 5.13 Å². The predicted molar refractivity (Wildman–Crippen MR) is 93.5 cm³/mol. The molecule has 0 saturated heterocycles. The number of nitrogens with two attached hydrogens (primary N) is 1. The van der Waals surface area contributed by atoms with Crippen molar-refractivity contribution in [3.05, 3.63) is 53.0 Å². The molecule has 0 atom stereocenters. The quantitative estimate of drug-likeness (QED) is 0.746. The molecule has 0 unspecified atom stereocenters. The van der Waals surface area contributed by atoms with Crippen molar-refractivity contribution < 1.29 is 14.3 Å². The van der Waals surface area contributed by atoms with Crippen molar-refractivity contribution in [2.24, 2.45) is 5.73 Å². The number of benzene rings is 2. The number of anilines is 1. The number of methoxy groups -OCH3 is 1. The SMILES string of the molecule is COc1cc2ccccc2cc1C(=O)Nc1nc(CC(N)=O)cs1. The normalized spacial score (nSPS) is 10.5. The molecular weight excluding hydrogens is 326 g/mol. The van der Waals surface area contributed by atoms with E-state index in [1.54, 1.807) is 11.4 Å². The maximum Gasteiger partial charge on any atom is 0.261 e. The van der Waals surface area contributed by atoms with Gasteiger partial charge in [-0.15, -0.1) is 11.3 Å². The largest absolute Gasteiger partial charge is 0.496 e. The summed E-state index contributed by atoms with van der Waals surface area (Å²) in [5.41, 5.74) is 6.09. The Labute approximate surface area is 142 Å². The second-order valence-corrected chi connectivity index (χ2v) is 6.00. The zero-order valence-corrected chi connectivity index (χ0v) is 13.7. The number of hydrogen-bond donors (Lipinski definition) is 2. The standard InChI is InChI=1S/C17H15N3O3S/c1-23-14-7-11-5-3-2-4-10(11)6-13(14)16(22)20-17-19-12(9-24-17)8-15(18)21/h2-7,9H,8H2,1H3,(H2,18,21)(H,19,20,22). The molecule has 0 aliphatic heterocycles. The van der Waals surface area contributed by atoms with Crippen molar-refractivity contribution in [2.75, 3.05) is 12.4 Å². The molecule has 122 valence electrons. The molecule has 0 aliphatic rings. The number of thiazole rings is 1. The third-order valence-electron chi connectivity index (χ3n) is 3.44. The van der Waals surface area contributed by atoms with Gasteiger partial charge < -0.3 is 10.5 Å². The number of aromatic nitrogens is 1. The lowest BCUT2D eigenvalue weighted by Gasteiger charge is -2.10. The van der Waals surface area contributed by atoms with Crippen molar-refractivity contribution in [2.45, 2.75) is 6.42 Å². The van der Waals surface area contributed by atoms with E-state index in [9.17, 15) is 9.59 Å².